The molecule has 0 amide bonds. The third-order valence-corrected chi connectivity index (χ3v) is 2.52. The second-order valence-electron chi connectivity index (χ2n) is 3.61. The van der Waals surface area contributed by atoms with Crippen molar-refractivity contribution in [1.82, 2.24) is 5.32 Å². The Morgan fingerprint density at radius 1 is 1.47 bits per heavy atom. The molecule has 3 nitrogen and oxygen atoms in total. The fourth-order valence-electron chi connectivity index (χ4n) is 1.72. The van der Waals surface area contributed by atoms with E-state index in [2.05, 4.69) is 11.9 Å². The standard InChI is InChI=1S/C12H15NO2/c1-2-5-15-12(14)9-3-4-10-7-13-8-11(10)6-9/h2-4,6,12-14H,1,5,7-8H2. The highest BCUT2D eigenvalue weighted by molar-refractivity contribution is 5.34. The molecule has 1 unspecified atom stereocenters. The molecule has 80 valence electrons. The molecule has 3 heteroatoms. The normalized spacial score (nSPS) is 16.1. The van der Waals surface area contributed by atoms with E-state index in [0.29, 0.717) is 6.61 Å². The van der Waals surface area contributed by atoms with Gasteiger partial charge in [-0.2, -0.15) is 0 Å². The molecule has 2 rings (SSSR count). The van der Waals surface area contributed by atoms with Gasteiger partial charge in [-0.05, 0) is 17.2 Å². The Kier molecular flexibility index (Phi) is 3.16. The lowest BCUT2D eigenvalue weighted by Crippen LogP contribution is -2.04. The van der Waals surface area contributed by atoms with E-state index >= 15 is 0 Å². The van der Waals surface area contributed by atoms with E-state index < -0.39 is 6.29 Å². The number of fused-ring (bicyclic) bond motifs is 1. The molecule has 2 N–H and O–H groups in total. The summed E-state index contributed by atoms with van der Waals surface area (Å²) in [4.78, 5) is 0. The number of aliphatic hydroxyl groups excluding tert-OH is 1. The molecule has 1 aromatic rings. The number of hydrogen-bond acceptors (Lipinski definition) is 3. The van der Waals surface area contributed by atoms with E-state index in [9.17, 15) is 5.11 Å². The number of nitrogens with one attached hydrogen (secondary N) is 1. The number of ether oxygens (including phenoxy) is 1. The molecule has 0 fully saturated rings. The van der Waals surface area contributed by atoms with Crippen molar-refractivity contribution in [2.75, 3.05) is 6.61 Å². The topological polar surface area (TPSA) is 41.5 Å². The smallest absolute Gasteiger partial charge is 0.181 e. The van der Waals surface area contributed by atoms with Crippen molar-refractivity contribution in [2.45, 2.75) is 19.4 Å². The monoisotopic (exact) mass is 205 g/mol. The lowest BCUT2D eigenvalue weighted by molar-refractivity contribution is -0.0921. The van der Waals surface area contributed by atoms with Gasteiger partial charge in [0.2, 0.25) is 0 Å². The van der Waals surface area contributed by atoms with E-state index in [1.54, 1.807) is 6.08 Å². The van der Waals surface area contributed by atoms with Crippen molar-refractivity contribution >= 4 is 0 Å². The quantitative estimate of drug-likeness (QED) is 0.578. The molecule has 1 aliphatic heterocycles. The van der Waals surface area contributed by atoms with Crippen LogP contribution in [0.1, 0.15) is 23.0 Å². The number of aliphatic hydroxyl groups is 1. The molecule has 1 atom stereocenters. The molecule has 1 aromatic carbocycles. The first-order valence-corrected chi connectivity index (χ1v) is 5.04. The average Bonchev–Trinajstić information content (AvgIpc) is 2.72. The first-order valence-electron chi connectivity index (χ1n) is 5.04. The van der Waals surface area contributed by atoms with Crippen LogP contribution in [0.4, 0.5) is 0 Å². The minimum Gasteiger partial charge on any atom is -0.364 e. The van der Waals surface area contributed by atoms with Crippen LogP contribution in [-0.4, -0.2) is 11.7 Å². The summed E-state index contributed by atoms with van der Waals surface area (Å²) < 4.78 is 5.15. The third kappa shape index (κ3) is 2.26. The van der Waals surface area contributed by atoms with Crippen LogP contribution in [0.15, 0.2) is 30.9 Å². The lowest BCUT2D eigenvalue weighted by Gasteiger charge is -2.11. The molecule has 0 aromatic heterocycles. The van der Waals surface area contributed by atoms with Gasteiger partial charge in [-0.1, -0.05) is 18.2 Å². The Labute approximate surface area is 89.4 Å². The molecule has 1 aliphatic rings. The van der Waals surface area contributed by atoms with Gasteiger partial charge in [0.05, 0.1) is 6.61 Å². The van der Waals surface area contributed by atoms with Crippen LogP contribution >= 0.6 is 0 Å². The summed E-state index contributed by atoms with van der Waals surface area (Å²) in [5.74, 6) is 0. The van der Waals surface area contributed by atoms with Crippen molar-refractivity contribution in [2.24, 2.45) is 0 Å². The van der Waals surface area contributed by atoms with E-state index in [4.69, 9.17) is 4.74 Å². The highest BCUT2D eigenvalue weighted by Crippen LogP contribution is 2.21. The molecule has 15 heavy (non-hydrogen) atoms. The predicted molar refractivity (Wildman–Crippen MR) is 58.1 cm³/mol. The van der Waals surface area contributed by atoms with Gasteiger partial charge in [-0.25, -0.2) is 0 Å². The van der Waals surface area contributed by atoms with Crippen LogP contribution < -0.4 is 5.32 Å². The second kappa shape index (κ2) is 4.57. The van der Waals surface area contributed by atoms with Crippen LogP contribution in [-0.2, 0) is 17.8 Å². The van der Waals surface area contributed by atoms with Gasteiger partial charge >= 0.3 is 0 Å². The van der Waals surface area contributed by atoms with E-state index in [1.165, 1.54) is 11.1 Å². The van der Waals surface area contributed by atoms with Crippen LogP contribution in [0.2, 0.25) is 0 Å². The van der Waals surface area contributed by atoms with E-state index in [0.717, 1.165) is 18.7 Å². The minimum absolute atomic E-state index is 0.358. The van der Waals surface area contributed by atoms with Crippen LogP contribution in [0.3, 0.4) is 0 Å². The molecule has 0 spiro atoms. The Hall–Kier alpha value is -1.16. The maximum absolute atomic E-state index is 9.69. The summed E-state index contributed by atoms with van der Waals surface area (Å²) in [6.45, 7) is 5.68. The molecule has 0 radical (unpaired) electrons. The first kappa shape index (κ1) is 10.4. The van der Waals surface area contributed by atoms with Gasteiger partial charge in [0.1, 0.15) is 0 Å². The van der Waals surface area contributed by atoms with Gasteiger partial charge in [0.25, 0.3) is 0 Å². The molecule has 0 aliphatic carbocycles. The molecular formula is C12H15NO2. The summed E-state index contributed by atoms with van der Waals surface area (Å²) in [6.07, 6.45) is 0.770. The van der Waals surface area contributed by atoms with E-state index in [-0.39, 0.29) is 0 Å². The Morgan fingerprint density at radius 2 is 2.27 bits per heavy atom. The van der Waals surface area contributed by atoms with Crippen LogP contribution in [0.5, 0.6) is 0 Å². The highest BCUT2D eigenvalue weighted by Gasteiger charge is 2.13. The van der Waals surface area contributed by atoms with E-state index in [1.807, 2.05) is 18.2 Å². The minimum atomic E-state index is -0.853. The van der Waals surface area contributed by atoms with Crippen molar-refractivity contribution in [3.05, 3.63) is 47.5 Å². The highest BCUT2D eigenvalue weighted by atomic mass is 16.6. The summed E-state index contributed by atoms with van der Waals surface area (Å²) in [6, 6.07) is 5.92. The van der Waals surface area contributed by atoms with Gasteiger partial charge in [-0.15, -0.1) is 6.58 Å². The molecule has 0 saturated carbocycles. The maximum Gasteiger partial charge on any atom is 0.181 e. The van der Waals surface area contributed by atoms with Gasteiger partial charge in [-0.3, -0.25) is 0 Å². The summed E-state index contributed by atoms with van der Waals surface area (Å²) in [5.41, 5.74) is 3.35. The summed E-state index contributed by atoms with van der Waals surface area (Å²) in [7, 11) is 0. The maximum atomic E-state index is 9.69. The molecular weight excluding hydrogens is 190 g/mol. The van der Waals surface area contributed by atoms with Crippen LogP contribution in [0, 0.1) is 0 Å². The zero-order valence-corrected chi connectivity index (χ0v) is 8.57. The largest absolute Gasteiger partial charge is 0.364 e. The number of rotatable bonds is 4. The van der Waals surface area contributed by atoms with Crippen molar-refractivity contribution in [3.8, 4) is 0 Å². The number of benzene rings is 1. The lowest BCUT2D eigenvalue weighted by atomic mass is 10.1. The fourth-order valence-corrected chi connectivity index (χ4v) is 1.72. The number of hydrogen-bond donors (Lipinski definition) is 2. The summed E-state index contributed by atoms with van der Waals surface area (Å²) in [5, 5.41) is 13.0. The fraction of sp³-hybridized carbons (Fsp3) is 0.333. The summed E-state index contributed by atoms with van der Waals surface area (Å²) >= 11 is 0. The van der Waals surface area contributed by atoms with Gasteiger partial charge in [0, 0.05) is 18.7 Å². The second-order valence-corrected chi connectivity index (χ2v) is 3.61. The van der Waals surface area contributed by atoms with Crippen molar-refractivity contribution in [3.63, 3.8) is 0 Å². The van der Waals surface area contributed by atoms with Gasteiger partial charge in [0.15, 0.2) is 6.29 Å². The average molecular weight is 205 g/mol. The zero-order valence-electron chi connectivity index (χ0n) is 8.57. The Bertz CT molecular complexity index is 363. The molecule has 1 heterocycles. The van der Waals surface area contributed by atoms with Crippen molar-refractivity contribution in [1.29, 1.82) is 0 Å². The van der Waals surface area contributed by atoms with Gasteiger partial charge < -0.3 is 15.2 Å². The zero-order chi connectivity index (χ0) is 10.7. The molecule has 0 bridgehead atoms. The Balaban J connectivity index is 2.11. The van der Waals surface area contributed by atoms with Crippen LogP contribution in [0.25, 0.3) is 0 Å². The van der Waals surface area contributed by atoms with Crippen molar-refractivity contribution < 1.29 is 9.84 Å². The third-order valence-electron chi connectivity index (χ3n) is 2.52. The Morgan fingerprint density at radius 3 is 3.07 bits per heavy atom. The predicted octanol–water partition coefficient (Wildman–Crippen LogP) is 1.48. The first-order chi connectivity index (χ1) is 7.31. The SMILES string of the molecule is C=CCOC(O)c1ccc2c(c1)CNC2. The molecule has 0 saturated heterocycles.